The van der Waals surface area contributed by atoms with Gasteiger partial charge < -0.3 is 32.4 Å². The first-order chi connectivity index (χ1) is 19.1. The van der Waals surface area contributed by atoms with Crippen LogP contribution < -0.4 is 36.8 Å². The van der Waals surface area contributed by atoms with Crippen LogP contribution in [0.5, 0.6) is 17.2 Å². The number of hydrogen-bond donors (Lipinski definition) is 1. The van der Waals surface area contributed by atoms with Gasteiger partial charge in [-0.2, -0.15) is 4.40 Å². The summed E-state index contributed by atoms with van der Waals surface area (Å²) < 4.78 is 21.4. The molecule has 0 saturated heterocycles. The number of methoxy groups -OCH3 is 3. The molecule has 2 aromatic heterocycles. The highest BCUT2D eigenvalue weighted by Crippen LogP contribution is 2.38. The van der Waals surface area contributed by atoms with E-state index in [0.717, 1.165) is 50.0 Å². The Bertz CT molecular complexity index is 1850. The Balaban J connectivity index is 0.00000323. The molecule has 202 valence electrons. The van der Waals surface area contributed by atoms with E-state index < -0.39 is 0 Å². The van der Waals surface area contributed by atoms with Crippen LogP contribution in [0, 0.1) is 0 Å². The Morgan fingerprint density at radius 3 is 2.20 bits per heavy atom. The van der Waals surface area contributed by atoms with E-state index in [2.05, 4.69) is 75.7 Å². The van der Waals surface area contributed by atoms with Crippen LogP contribution in [-0.2, 0) is 6.54 Å². The van der Waals surface area contributed by atoms with Crippen molar-refractivity contribution in [1.82, 2.24) is 4.57 Å². The van der Waals surface area contributed by atoms with E-state index in [1.54, 1.807) is 21.3 Å². The molecule has 0 amide bonds. The Morgan fingerprint density at radius 2 is 1.48 bits per heavy atom. The molecule has 0 aliphatic carbocycles. The van der Waals surface area contributed by atoms with Crippen LogP contribution in [0.1, 0.15) is 16.7 Å². The van der Waals surface area contributed by atoms with Crippen LogP contribution in [0.25, 0.3) is 39.7 Å². The second-order valence-electron chi connectivity index (χ2n) is 9.42. The van der Waals surface area contributed by atoms with Crippen LogP contribution >= 0.6 is 0 Å². The second kappa shape index (κ2) is 11.2. The van der Waals surface area contributed by atoms with E-state index in [1.807, 2.05) is 36.4 Å². The number of nitrogens with two attached hydrogens (primary N) is 1. The number of rotatable bonds is 7. The maximum atomic E-state index is 6.12. The summed E-state index contributed by atoms with van der Waals surface area (Å²) in [5, 5.41) is 1.16. The smallest absolute Gasteiger partial charge is 0.287 e. The van der Waals surface area contributed by atoms with Gasteiger partial charge in [-0.1, -0.05) is 48.6 Å². The van der Waals surface area contributed by atoms with Gasteiger partial charge in [-0.05, 0) is 59.7 Å². The monoisotopic (exact) mass is 551 g/mol. The van der Waals surface area contributed by atoms with E-state index in [4.69, 9.17) is 19.9 Å². The largest absolute Gasteiger partial charge is 1.00 e. The van der Waals surface area contributed by atoms with Crippen molar-refractivity contribution in [2.75, 3.05) is 27.1 Å². The van der Waals surface area contributed by atoms with Crippen molar-refractivity contribution >= 4 is 45.4 Å². The molecule has 0 atom stereocenters. The number of hydrogen-bond acceptors (Lipinski definition) is 4. The number of ether oxygens (including phenoxy) is 3. The predicted molar refractivity (Wildman–Crippen MR) is 158 cm³/mol. The minimum Gasteiger partial charge on any atom is -1.00 e. The highest BCUT2D eigenvalue weighted by molar-refractivity contribution is 5.86. The fourth-order valence-electron chi connectivity index (χ4n) is 5.27. The third-order valence-electron chi connectivity index (χ3n) is 7.14. The predicted octanol–water partition coefficient (Wildman–Crippen LogP) is 3.36. The van der Waals surface area contributed by atoms with E-state index in [9.17, 15) is 0 Å². The number of anilines is 1. The molecule has 0 spiro atoms. The minimum absolute atomic E-state index is 0. The molecule has 0 aliphatic rings. The molecule has 2 N–H and O–H groups in total. The third-order valence-corrected chi connectivity index (χ3v) is 7.14. The van der Waals surface area contributed by atoms with Crippen molar-refractivity contribution in [2.45, 2.75) is 6.54 Å². The lowest BCUT2D eigenvalue weighted by Gasteiger charge is -2.13. The first kappa shape index (κ1) is 26.9. The molecule has 0 saturated carbocycles. The Labute approximate surface area is 239 Å². The zero-order valence-electron chi connectivity index (χ0n) is 22.6. The average molecular weight is 552 g/mol. The first-order valence-corrected chi connectivity index (χ1v) is 12.8. The summed E-state index contributed by atoms with van der Waals surface area (Å²) in [4.78, 5) is 0. The molecule has 0 fully saturated rings. The normalized spacial score (nSPS) is 11.3. The molecule has 0 radical (unpaired) electrons. The number of fused-ring (bicyclic) bond motifs is 5. The maximum absolute atomic E-state index is 6.12. The van der Waals surface area contributed by atoms with Crippen LogP contribution in [0.4, 0.5) is 5.69 Å². The van der Waals surface area contributed by atoms with Gasteiger partial charge >= 0.3 is 0 Å². The van der Waals surface area contributed by atoms with Crippen LogP contribution in [0.15, 0.2) is 91.0 Å². The first-order valence-electron chi connectivity index (χ1n) is 12.8. The highest BCUT2D eigenvalue weighted by Gasteiger charge is 2.22. The topological polar surface area (TPSA) is 62.7 Å². The van der Waals surface area contributed by atoms with Crippen molar-refractivity contribution in [3.8, 4) is 17.2 Å². The Kier molecular flexibility index (Phi) is 7.54. The van der Waals surface area contributed by atoms with Gasteiger partial charge in [0.1, 0.15) is 12.1 Å². The Morgan fingerprint density at radius 1 is 0.750 bits per heavy atom. The van der Waals surface area contributed by atoms with Gasteiger partial charge in [0.05, 0.1) is 21.3 Å². The lowest BCUT2D eigenvalue weighted by molar-refractivity contribution is -0.450. The zero-order valence-corrected chi connectivity index (χ0v) is 23.4. The van der Waals surface area contributed by atoms with Gasteiger partial charge in [-0.25, -0.2) is 4.57 Å². The molecular formula is C33H30ClN3O3. The highest BCUT2D eigenvalue weighted by atomic mass is 35.5. The van der Waals surface area contributed by atoms with Crippen LogP contribution in [0.2, 0.25) is 0 Å². The summed E-state index contributed by atoms with van der Waals surface area (Å²) in [6.45, 7) is 0.637. The second-order valence-corrected chi connectivity index (χ2v) is 9.42. The number of nitrogens with zero attached hydrogens (tertiary/aromatic N) is 2. The number of benzene rings is 4. The van der Waals surface area contributed by atoms with Gasteiger partial charge in [0.15, 0.2) is 22.5 Å². The molecule has 6 rings (SSSR count). The molecule has 0 aliphatic heterocycles. The van der Waals surface area contributed by atoms with Crippen molar-refractivity contribution < 1.29 is 31.0 Å². The summed E-state index contributed by atoms with van der Waals surface area (Å²) in [7, 11) is 4.90. The zero-order chi connectivity index (χ0) is 26.9. The molecule has 40 heavy (non-hydrogen) atoms. The molecule has 6 nitrogen and oxygen atoms in total. The molecule has 6 aromatic rings. The fraction of sp³-hybridized carbons (Fsp3) is 0.121. The van der Waals surface area contributed by atoms with E-state index in [0.29, 0.717) is 23.8 Å². The standard InChI is InChI=1S/C33H30N3O3.ClH/c1-37-30-19-23(20-31(38-2)33(30)39-3)21-35-28-10-6-7-11-29(28)36-27-16-13-22(18-25(27)15-17-32(35)36)12-14-24-8-4-5-9-26(24)34;/h4-20H,21,34H2,1-3H3;1H/q+1;/p-1/b14-12+;. The molecule has 0 unspecified atom stereocenters. The molecule has 0 bridgehead atoms. The van der Waals surface area contributed by atoms with Gasteiger partial charge in [0.25, 0.3) is 5.65 Å². The van der Waals surface area contributed by atoms with Gasteiger partial charge in [-0.3, -0.25) is 0 Å². The van der Waals surface area contributed by atoms with Gasteiger partial charge in [0.2, 0.25) is 5.75 Å². The summed E-state index contributed by atoms with van der Waals surface area (Å²) in [6.07, 6.45) is 4.17. The fourth-order valence-corrected chi connectivity index (χ4v) is 5.27. The molecule has 4 aromatic carbocycles. The quantitative estimate of drug-likeness (QED) is 0.188. The number of pyridine rings is 1. The lowest BCUT2D eigenvalue weighted by Crippen LogP contribution is -3.00. The van der Waals surface area contributed by atoms with Crippen molar-refractivity contribution in [1.29, 1.82) is 0 Å². The van der Waals surface area contributed by atoms with Crippen LogP contribution in [0.3, 0.4) is 0 Å². The lowest BCUT2D eigenvalue weighted by atomic mass is 10.1. The molecular weight excluding hydrogens is 522 g/mol. The van der Waals surface area contributed by atoms with Gasteiger partial charge in [0, 0.05) is 22.7 Å². The maximum Gasteiger partial charge on any atom is 0.287 e. The summed E-state index contributed by atoms with van der Waals surface area (Å²) in [5.41, 5.74) is 14.6. The summed E-state index contributed by atoms with van der Waals surface area (Å²) >= 11 is 0. The minimum atomic E-state index is 0. The molecule has 2 heterocycles. The number of imidazole rings is 1. The SMILES string of the molecule is COc1cc(Cn2c3ccccc3[n+]3c4ccc(/C=C/c5ccccc5N)cc4ccc23)cc(OC)c1OC.[Cl-]. The number of halogens is 1. The van der Waals surface area contributed by atoms with Crippen molar-refractivity contribution in [3.05, 3.63) is 108 Å². The third kappa shape index (κ3) is 4.67. The number of para-hydroxylation sites is 3. The van der Waals surface area contributed by atoms with E-state index in [-0.39, 0.29) is 12.4 Å². The summed E-state index contributed by atoms with van der Waals surface area (Å²) in [6, 6.07) is 31.3. The van der Waals surface area contributed by atoms with Crippen molar-refractivity contribution in [3.63, 3.8) is 0 Å². The number of aromatic nitrogens is 2. The van der Waals surface area contributed by atoms with E-state index in [1.165, 1.54) is 0 Å². The van der Waals surface area contributed by atoms with Crippen LogP contribution in [-0.4, -0.2) is 25.9 Å². The molecule has 7 heteroatoms. The van der Waals surface area contributed by atoms with E-state index >= 15 is 0 Å². The van der Waals surface area contributed by atoms with Gasteiger partial charge in [-0.15, -0.1) is 0 Å². The summed E-state index contributed by atoms with van der Waals surface area (Å²) in [5.74, 6) is 1.87. The number of nitrogen functional groups attached to an aromatic ring is 1. The Hall–Kier alpha value is -4.68. The average Bonchev–Trinajstić information content (AvgIpc) is 3.29. The van der Waals surface area contributed by atoms with Crippen molar-refractivity contribution in [2.24, 2.45) is 0 Å².